The molecular weight excluding hydrogens is 428 g/mol. The van der Waals surface area contributed by atoms with E-state index in [0.717, 1.165) is 24.8 Å². The Morgan fingerprint density at radius 3 is 2.06 bits per heavy atom. The summed E-state index contributed by atoms with van der Waals surface area (Å²) in [4.78, 5) is 42.0. The van der Waals surface area contributed by atoms with Crippen LogP contribution in [0.25, 0.3) is 0 Å². The molecule has 34 heavy (non-hydrogen) atoms. The Kier molecular flexibility index (Phi) is 7.66. The summed E-state index contributed by atoms with van der Waals surface area (Å²) in [6, 6.07) is 16.8. The fourth-order valence-electron chi connectivity index (χ4n) is 5.19. The van der Waals surface area contributed by atoms with Gasteiger partial charge in [-0.2, -0.15) is 0 Å². The quantitative estimate of drug-likeness (QED) is 0.589. The highest BCUT2D eigenvalue weighted by Crippen LogP contribution is 2.25. The first-order valence-corrected chi connectivity index (χ1v) is 12.4. The van der Waals surface area contributed by atoms with E-state index in [-0.39, 0.29) is 42.2 Å². The van der Waals surface area contributed by atoms with Gasteiger partial charge >= 0.3 is 0 Å². The molecule has 2 heterocycles. The second-order valence-electron chi connectivity index (χ2n) is 9.54. The summed E-state index contributed by atoms with van der Waals surface area (Å²) in [5.74, 6) is 0.675. The number of rotatable bonds is 6. The molecule has 2 atom stereocenters. The lowest BCUT2D eigenvalue weighted by Crippen LogP contribution is -2.49. The SMILES string of the molecule is C[C@@H]1CCC[C@H](C)N1C(=O)COc1ccc(C(=O)N2CCC(C(=O)c3ccccc3)CC2)cc1. The standard InChI is InChI=1S/C28H34N2O4/c1-20-7-6-8-21(2)30(20)26(31)19-34-25-13-11-24(12-14-25)28(33)29-17-15-23(16-18-29)27(32)22-9-4-3-5-10-22/h3-5,9-14,20-21,23H,6-8,15-19H2,1-2H3/t20-,21+. The van der Waals surface area contributed by atoms with Crippen molar-refractivity contribution in [3.8, 4) is 5.75 Å². The maximum absolute atomic E-state index is 12.9. The van der Waals surface area contributed by atoms with Crippen molar-refractivity contribution in [2.75, 3.05) is 19.7 Å². The molecule has 4 rings (SSSR count). The molecule has 0 spiro atoms. The highest BCUT2D eigenvalue weighted by Gasteiger charge is 2.30. The third-order valence-electron chi connectivity index (χ3n) is 7.16. The number of likely N-dealkylation sites (tertiary alicyclic amines) is 2. The molecule has 2 saturated heterocycles. The van der Waals surface area contributed by atoms with Crippen LogP contribution >= 0.6 is 0 Å². The third-order valence-corrected chi connectivity index (χ3v) is 7.16. The Balaban J connectivity index is 1.27. The Bertz CT molecular complexity index is 987. The topological polar surface area (TPSA) is 66.9 Å². The molecule has 2 fully saturated rings. The van der Waals surface area contributed by atoms with Crippen LogP contribution in [0, 0.1) is 5.92 Å². The fourth-order valence-corrected chi connectivity index (χ4v) is 5.19. The Labute approximate surface area is 201 Å². The van der Waals surface area contributed by atoms with Crippen molar-refractivity contribution < 1.29 is 19.1 Å². The van der Waals surface area contributed by atoms with E-state index >= 15 is 0 Å². The Morgan fingerprint density at radius 1 is 0.824 bits per heavy atom. The number of piperidine rings is 2. The van der Waals surface area contributed by atoms with Crippen LogP contribution in [0.5, 0.6) is 5.75 Å². The number of carbonyl (C=O) groups excluding carboxylic acids is 3. The summed E-state index contributed by atoms with van der Waals surface area (Å²) in [5, 5.41) is 0. The van der Waals surface area contributed by atoms with Crippen molar-refractivity contribution in [3.05, 3.63) is 65.7 Å². The summed E-state index contributed by atoms with van der Waals surface area (Å²) in [7, 11) is 0. The molecule has 0 radical (unpaired) electrons. The van der Waals surface area contributed by atoms with Crippen molar-refractivity contribution in [2.45, 2.75) is 58.0 Å². The molecule has 0 aromatic heterocycles. The van der Waals surface area contributed by atoms with Crippen LogP contribution in [0.4, 0.5) is 0 Å². The van der Waals surface area contributed by atoms with Crippen LogP contribution in [0.15, 0.2) is 54.6 Å². The van der Waals surface area contributed by atoms with Crippen LogP contribution in [-0.2, 0) is 4.79 Å². The highest BCUT2D eigenvalue weighted by molar-refractivity contribution is 5.98. The van der Waals surface area contributed by atoms with Crippen LogP contribution in [-0.4, -0.2) is 59.2 Å². The van der Waals surface area contributed by atoms with Gasteiger partial charge in [-0.05, 0) is 70.2 Å². The molecule has 2 amide bonds. The Morgan fingerprint density at radius 2 is 1.44 bits per heavy atom. The van der Waals surface area contributed by atoms with E-state index in [2.05, 4.69) is 13.8 Å². The smallest absolute Gasteiger partial charge is 0.260 e. The summed E-state index contributed by atoms with van der Waals surface area (Å²) in [6.07, 6.45) is 4.57. The van der Waals surface area contributed by atoms with Crippen molar-refractivity contribution in [2.24, 2.45) is 5.92 Å². The maximum atomic E-state index is 12.9. The molecule has 0 aliphatic carbocycles. The molecule has 180 valence electrons. The molecule has 2 aromatic carbocycles. The number of hydrogen-bond acceptors (Lipinski definition) is 4. The number of nitrogens with zero attached hydrogens (tertiary/aromatic N) is 2. The van der Waals surface area contributed by atoms with Gasteiger partial charge in [-0.1, -0.05) is 30.3 Å². The lowest BCUT2D eigenvalue weighted by atomic mass is 9.88. The van der Waals surface area contributed by atoms with Gasteiger partial charge in [-0.25, -0.2) is 0 Å². The number of ketones is 1. The maximum Gasteiger partial charge on any atom is 0.260 e. The zero-order valence-corrected chi connectivity index (χ0v) is 20.1. The van der Waals surface area contributed by atoms with Gasteiger partial charge < -0.3 is 14.5 Å². The number of carbonyl (C=O) groups is 3. The molecule has 0 saturated carbocycles. The van der Waals surface area contributed by atoms with E-state index in [1.165, 1.54) is 0 Å². The van der Waals surface area contributed by atoms with Crippen molar-refractivity contribution in [3.63, 3.8) is 0 Å². The van der Waals surface area contributed by atoms with Gasteiger partial charge in [0.15, 0.2) is 12.4 Å². The van der Waals surface area contributed by atoms with E-state index in [1.54, 1.807) is 24.3 Å². The first-order valence-electron chi connectivity index (χ1n) is 12.4. The second-order valence-corrected chi connectivity index (χ2v) is 9.54. The molecular formula is C28H34N2O4. The summed E-state index contributed by atoms with van der Waals surface area (Å²) < 4.78 is 5.73. The first-order chi connectivity index (χ1) is 16.4. The van der Waals surface area contributed by atoms with Gasteiger partial charge in [0.1, 0.15) is 5.75 Å². The minimum absolute atomic E-state index is 0.00489. The largest absolute Gasteiger partial charge is 0.484 e. The Hall–Kier alpha value is -3.15. The molecule has 0 unspecified atom stereocenters. The van der Waals surface area contributed by atoms with Crippen molar-refractivity contribution in [1.29, 1.82) is 0 Å². The number of amides is 2. The normalized spacial score (nSPS) is 21.2. The number of Topliss-reactive ketones (excluding diaryl/α,β-unsaturated/α-hetero) is 1. The lowest BCUT2D eigenvalue weighted by molar-refractivity contribution is -0.139. The zero-order chi connectivity index (χ0) is 24.1. The van der Waals surface area contributed by atoms with Gasteiger partial charge in [0, 0.05) is 42.2 Å². The van der Waals surface area contributed by atoms with Crippen molar-refractivity contribution in [1.82, 2.24) is 9.80 Å². The van der Waals surface area contributed by atoms with E-state index < -0.39 is 0 Å². The van der Waals surface area contributed by atoms with Crippen LogP contribution in [0.2, 0.25) is 0 Å². The zero-order valence-electron chi connectivity index (χ0n) is 20.1. The summed E-state index contributed by atoms with van der Waals surface area (Å²) in [5.41, 5.74) is 1.33. The van der Waals surface area contributed by atoms with E-state index in [1.807, 2.05) is 40.1 Å². The molecule has 2 aliphatic heterocycles. The van der Waals surface area contributed by atoms with Crippen LogP contribution in [0.3, 0.4) is 0 Å². The van der Waals surface area contributed by atoms with E-state index in [4.69, 9.17) is 4.74 Å². The van der Waals surface area contributed by atoms with Gasteiger partial charge in [-0.3, -0.25) is 14.4 Å². The van der Waals surface area contributed by atoms with Gasteiger partial charge in [0.2, 0.25) is 0 Å². The minimum Gasteiger partial charge on any atom is -0.484 e. The molecule has 0 bridgehead atoms. The fraction of sp³-hybridized carbons (Fsp3) is 0.464. The predicted octanol–water partition coefficient (Wildman–Crippen LogP) is 4.59. The number of benzene rings is 2. The van der Waals surface area contributed by atoms with E-state index in [9.17, 15) is 14.4 Å². The number of ether oxygens (including phenoxy) is 1. The second kappa shape index (κ2) is 10.9. The average Bonchev–Trinajstić information content (AvgIpc) is 2.87. The van der Waals surface area contributed by atoms with E-state index in [0.29, 0.717) is 37.2 Å². The first kappa shape index (κ1) is 24.0. The predicted molar refractivity (Wildman–Crippen MR) is 131 cm³/mol. The summed E-state index contributed by atoms with van der Waals surface area (Å²) in [6.45, 7) is 5.33. The lowest BCUT2D eigenvalue weighted by Gasteiger charge is -2.38. The van der Waals surface area contributed by atoms with Gasteiger partial charge in [0.05, 0.1) is 0 Å². The third kappa shape index (κ3) is 5.49. The number of hydrogen-bond donors (Lipinski definition) is 0. The van der Waals surface area contributed by atoms with Crippen LogP contribution < -0.4 is 4.74 Å². The van der Waals surface area contributed by atoms with Crippen molar-refractivity contribution >= 4 is 17.6 Å². The summed E-state index contributed by atoms with van der Waals surface area (Å²) >= 11 is 0. The minimum atomic E-state index is -0.0378. The molecule has 0 N–H and O–H groups in total. The molecule has 2 aromatic rings. The molecule has 6 nitrogen and oxygen atoms in total. The highest BCUT2D eigenvalue weighted by atomic mass is 16.5. The molecule has 2 aliphatic rings. The van der Waals surface area contributed by atoms with Gasteiger partial charge in [0.25, 0.3) is 11.8 Å². The molecule has 6 heteroatoms. The monoisotopic (exact) mass is 462 g/mol. The van der Waals surface area contributed by atoms with Crippen LogP contribution in [0.1, 0.15) is 66.7 Å². The average molecular weight is 463 g/mol. The van der Waals surface area contributed by atoms with Gasteiger partial charge in [-0.15, -0.1) is 0 Å².